The van der Waals surface area contributed by atoms with Crippen molar-refractivity contribution in [3.8, 4) is 0 Å². The van der Waals surface area contributed by atoms with Crippen LogP contribution in [-0.2, 0) is 0 Å². The van der Waals surface area contributed by atoms with Gasteiger partial charge in [0.2, 0.25) is 0 Å². The topological polar surface area (TPSA) is 66.9 Å². The molecule has 0 unspecified atom stereocenters. The van der Waals surface area contributed by atoms with E-state index >= 15 is 0 Å². The van der Waals surface area contributed by atoms with Crippen LogP contribution in [0.2, 0.25) is 5.15 Å². The van der Waals surface area contributed by atoms with Crippen molar-refractivity contribution < 1.29 is 4.79 Å². The smallest absolute Gasteiger partial charge is 0.286 e. The van der Waals surface area contributed by atoms with Gasteiger partial charge in [0, 0.05) is 19.4 Å². The van der Waals surface area contributed by atoms with Gasteiger partial charge < -0.3 is 0 Å². The Kier molecular flexibility index (Phi) is 2.95. The minimum atomic E-state index is -0.407. The van der Waals surface area contributed by atoms with Crippen LogP contribution in [0.5, 0.6) is 0 Å². The van der Waals surface area contributed by atoms with Gasteiger partial charge in [-0.15, -0.1) is 0 Å². The molecule has 64 valence electrons. The first-order valence-corrected chi connectivity index (χ1v) is 3.57. The van der Waals surface area contributed by atoms with Crippen LogP contribution in [0.15, 0.2) is 12.4 Å². The maximum absolute atomic E-state index is 11.1. The number of carbonyl (C=O) groups is 1. The second kappa shape index (κ2) is 3.99. The van der Waals surface area contributed by atoms with Crippen LogP contribution in [0.1, 0.15) is 10.5 Å². The van der Waals surface area contributed by atoms with E-state index in [-0.39, 0.29) is 10.8 Å². The highest BCUT2D eigenvalue weighted by Gasteiger charge is 2.10. The summed E-state index contributed by atoms with van der Waals surface area (Å²) in [7, 11) is 1.57. The molecule has 0 aliphatic heterocycles. The van der Waals surface area contributed by atoms with Crippen molar-refractivity contribution in [3.63, 3.8) is 0 Å². The van der Waals surface area contributed by atoms with Crippen LogP contribution in [0, 0.1) is 0 Å². The summed E-state index contributed by atoms with van der Waals surface area (Å²) < 4.78 is 0. The molecule has 0 saturated heterocycles. The number of aromatic nitrogens is 2. The fraction of sp³-hybridized carbons (Fsp3) is 0.167. The summed E-state index contributed by atoms with van der Waals surface area (Å²) in [5.41, 5.74) is 4.90. The van der Waals surface area contributed by atoms with Gasteiger partial charge in [-0.1, -0.05) is 11.6 Å². The number of hydrogen-bond acceptors (Lipinski definition) is 4. The van der Waals surface area contributed by atoms with Gasteiger partial charge in [0.25, 0.3) is 5.91 Å². The number of hydrazine groups is 1. The SMILES string of the molecule is CNNC(=O)c1nccnc1Cl. The largest absolute Gasteiger partial charge is 0.287 e. The second-order valence-corrected chi connectivity index (χ2v) is 2.26. The molecular weight excluding hydrogens is 180 g/mol. The molecule has 0 radical (unpaired) electrons. The molecule has 1 rings (SSSR count). The van der Waals surface area contributed by atoms with Crippen LogP contribution in [-0.4, -0.2) is 22.9 Å². The minimum absolute atomic E-state index is 0.0882. The van der Waals surface area contributed by atoms with Gasteiger partial charge in [0.15, 0.2) is 10.8 Å². The first-order valence-electron chi connectivity index (χ1n) is 3.19. The summed E-state index contributed by atoms with van der Waals surface area (Å²) in [5.74, 6) is -0.407. The first kappa shape index (κ1) is 8.89. The van der Waals surface area contributed by atoms with E-state index in [1.54, 1.807) is 7.05 Å². The van der Waals surface area contributed by atoms with Gasteiger partial charge in [-0.3, -0.25) is 10.2 Å². The number of nitrogens with one attached hydrogen (secondary N) is 2. The first-order chi connectivity index (χ1) is 5.75. The molecular formula is C6H7ClN4O. The van der Waals surface area contributed by atoms with E-state index in [1.165, 1.54) is 12.4 Å². The van der Waals surface area contributed by atoms with Crippen molar-refractivity contribution in [3.05, 3.63) is 23.2 Å². The van der Waals surface area contributed by atoms with Crippen molar-refractivity contribution in [2.75, 3.05) is 7.05 Å². The zero-order chi connectivity index (χ0) is 8.97. The number of nitrogens with zero attached hydrogens (tertiary/aromatic N) is 2. The lowest BCUT2D eigenvalue weighted by atomic mass is 10.4. The van der Waals surface area contributed by atoms with E-state index in [4.69, 9.17) is 11.6 Å². The van der Waals surface area contributed by atoms with Crippen molar-refractivity contribution in [2.45, 2.75) is 0 Å². The Morgan fingerprint density at radius 2 is 2.17 bits per heavy atom. The fourth-order valence-corrected chi connectivity index (χ4v) is 0.837. The number of hydrogen-bond donors (Lipinski definition) is 2. The highest BCUT2D eigenvalue weighted by Crippen LogP contribution is 2.06. The summed E-state index contributed by atoms with van der Waals surface area (Å²) in [5, 5.41) is 0.0882. The van der Waals surface area contributed by atoms with Gasteiger partial charge in [0.1, 0.15) is 0 Å². The summed E-state index contributed by atoms with van der Waals surface area (Å²) in [4.78, 5) is 18.6. The Labute approximate surface area is 74.1 Å². The lowest BCUT2D eigenvalue weighted by molar-refractivity contribution is 0.0932. The number of amides is 1. The molecule has 0 aliphatic carbocycles. The maximum Gasteiger partial charge on any atom is 0.287 e. The van der Waals surface area contributed by atoms with E-state index < -0.39 is 5.91 Å². The third-order valence-corrected chi connectivity index (χ3v) is 1.38. The Morgan fingerprint density at radius 1 is 1.50 bits per heavy atom. The van der Waals surface area contributed by atoms with E-state index in [9.17, 15) is 4.79 Å². The molecule has 0 aliphatic rings. The van der Waals surface area contributed by atoms with Crippen molar-refractivity contribution in [1.82, 2.24) is 20.8 Å². The lowest BCUT2D eigenvalue weighted by Crippen LogP contribution is -2.34. The van der Waals surface area contributed by atoms with Crippen LogP contribution in [0.3, 0.4) is 0 Å². The average Bonchev–Trinajstić information content (AvgIpc) is 2.05. The van der Waals surface area contributed by atoms with Crippen molar-refractivity contribution >= 4 is 17.5 Å². The standard InChI is InChI=1S/C6H7ClN4O/c1-8-11-6(12)4-5(7)10-3-2-9-4/h2-3,8H,1H3,(H,11,12). The third-order valence-electron chi connectivity index (χ3n) is 1.11. The molecule has 0 bridgehead atoms. The quantitative estimate of drug-likeness (QED) is 0.638. The molecule has 1 aromatic heterocycles. The molecule has 0 saturated carbocycles. The molecule has 12 heavy (non-hydrogen) atoms. The molecule has 5 nitrogen and oxygen atoms in total. The Morgan fingerprint density at radius 3 is 2.75 bits per heavy atom. The lowest BCUT2D eigenvalue weighted by Gasteiger charge is -2.01. The maximum atomic E-state index is 11.1. The molecule has 2 N–H and O–H groups in total. The van der Waals surface area contributed by atoms with Crippen molar-refractivity contribution in [1.29, 1.82) is 0 Å². The minimum Gasteiger partial charge on any atom is -0.286 e. The number of carbonyl (C=O) groups excluding carboxylic acids is 1. The number of halogens is 1. The van der Waals surface area contributed by atoms with Gasteiger partial charge in [-0.2, -0.15) is 0 Å². The second-order valence-electron chi connectivity index (χ2n) is 1.90. The highest BCUT2D eigenvalue weighted by molar-refractivity contribution is 6.32. The fourth-order valence-electron chi connectivity index (χ4n) is 0.646. The average molecular weight is 187 g/mol. The summed E-state index contributed by atoms with van der Waals surface area (Å²) in [6.45, 7) is 0. The predicted octanol–water partition coefficient (Wildman–Crippen LogP) is -0.00580. The van der Waals surface area contributed by atoms with Crippen LogP contribution >= 0.6 is 11.6 Å². The molecule has 1 aromatic rings. The molecule has 6 heteroatoms. The Bertz CT molecular complexity index is 291. The van der Waals surface area contributed by atoms with E-state index in [0.29, 0.717) is 0 Å². The normalized spacial score (nSPS) is 9.50. The zero-order valence-electron chi connectivity index (χ0n) is 6.34. The van der Waals surface area contributed by atoms with Crippen molar-refractivity contribution in [2.24, 2.45) is 0 Å². The molecule has 1 heterocycles. The molecule has 0 spiro atoms. The van der Waals surface area contributed by atoms with E-state index in [1.807, 2.05) is 0 Å². The molecule has 0 aromatic carbocycles. The third kappa shape index (κ3) is 1.90. The molecule has 0 atom stereocenters. The van der Waals surface area contributed by atoms with Gasteiger partial charge in [0.05, 0.1) is 0 Å². The predicted molar refractivity (Wildman–Crippen MR) is 43.6 cm³/mol. The Balaban J connectivity index is 2.87. The summed E-state index contributed by atoms with van der Waals surface area (Å²) in [6, 6.07) is 0. The van der Waals surface area contributed by atoms with Crippen LogP contribution < -0.4 is 10.9 Å². The van der Waals surface area contributed by atoms with E-state index in [2.05, 4.69) is 20.8 Å². The highest BCUT2D eigenvalue weighted by atomic mass is 35.5. The van der Waals surface area contributed by atoms with Gasteiger partial charge >= 0.3 is 0 Å². The summed E-state index contributed by atoms with van der Waals surface area (Å²) >= 11 is 5.59. The summed E-state index contributed by atoms with van der Waals surface area (Å²) in [6.07, 6.45) is 2.81. The van der Waals surface area contributed by atoms with Crippen LogP contribution in [0.25, 0.3) is 0 Å². The van der Waals surface area contributed by atoms with E-state index in [0.717, 1.165) is 0 Å². The van der Waals surface area contributed by atoms with Gasteiger partial charge in [-0.25, -0.2) is 15.4 Å². The van der Waals surface area contributed by atoms with Crippen LogP contribution in [0.4, 0.5) is 0 Å². The monoisotopic (exact) mass is 186 g/mol. The van der Waals surface area contributed by atoms with Gasteiger partial charge in [-0.05, 0) is 0 Å². The molecule has 1 amide bonds. The number of rotatable bonds is 2. The zero-order valence-corrected chi connectivity index (χ0v) is 7.09. The molecule has 0 fully saturated rings. The Hall–Kier alpha value is -1.20.